The van der Waals surface area contributed by atoms with Gasteiger partial charge in [-0.25, -0.2) is 4.79 Å². The number of rotatable bonds is 29. The number of carboxylic acid groups (broad SMARTS) is 4. The minimum atomic E-state index is -1.50. The average molecular weight is 661 g/mol. The normalized spacial score (nSPS) is 12.7. The van der Waals surface area contributed by atoms with Crippen LogP contribution in [0.5, 0.6) is 0 Å². The minimum Gasteiger partial charge on any atom is -0.481 e. The van der Waals surface area contributed by atoms with Crippen molar-refractivity contribution in [2.24, 2.45) is 11.8 Å². The molecular formula is C29H44N2O15. The summed E-state index contributed by atoms with van der Waals surface area (Å²) in [5, 5.41) is 40.7. The summed E-state index contributed by atoms with van der Waals surface area (Å²) in [6, 6.07) is -1.13. The molecule has 0 aromatic rings. The Morgan fingerprint density at radius 2 is 1.15 bits per heavy atom. The molecule has 260 valence electrons. The first-order valence-corrected chi connectivity index (χ1v) is 14.8. The lowest BCUT2D eigenvalue weighted by atomic mass is 9.94. The van der Waals surface area contributed by atoms with Gasteiger partial charge < -0.3 is 40.5 Å². The molecule has 0 heterocycles. The first kappa shape index (κ1) is 41.8. The minimum absolute atomic E-state index is 0.00167. The molecular weight excluding hydrogens is 616 g/mol. The Bertz CT molecular complexity index is 1070. The molecule has 3 atom stereocenters. The number of ketones is 3. The number of aliphatic carboxylic acids is 4. The molecule has 0 aliphatic carbocycles. The molecule has 17 nitrogen and oxygen atoms in total. The first-order chi connectivity index (χ1) is 21.6. The van der Waals surface area contributed by atoms with Crippen molar-refractivity contribution in [3.63, 3.8) is 0 Å². The van der Waals surface area contributed by atoms with E-state index < -0.39 is 65.1 Å². The average Bonchev–Trinajstić information content (AvgIpc) is 2.97. The summed E-state index contributed by atoms with van der Waals surface area (Å²) >= 11 is 0. The Labute approximate surface area is 265 Å². The molecule has 17 heteroatoms. The summed E-state index contributed by atoms with van der Waals surface area (Å²) in [5.74, 6) is -10.2. The summed E-state index contributed by atoms with van der Waals surface area (Å²) in [5.41, 5.74) is 0. The molecule has 0 saturated heterocycles. The van der Waals surface area contributed by atoms with Gasteiger partial charge in [-0.1, -0.05) is 6.42 Å². The van der Waals surface area contributed by atoms with Crippen LogP contribution in [0.25, 0.3) is 0 Å². The molecule has 3 unspecified atom stereocenters. The van der Waals surface area contributed by atoms with E-state index in [-0.39, 0.29) is 90.1 Å². The van der Waals surface area contributed by atoms with E-state index in [0.29, 0.717) is 19.3 Å². The van der Waals surface area contributed by atoms with E-state index >= 15 is 0 Å². The molecule has 0 bridgehead atoms. The van der Waals surface area contributed by atoms with Gasteiger partial charge in [0.1, 0.15) is 18.4 Å². The van der Waals surface area contributed by atoms with E-state index in [9.17, 15) is 53.4 Å². The molecule has 0 aromatic heterocycles. The third-order valence-corrected chi connectivity index (χ3v) is 6.64. The van der Waals surface area contributed by atoms with Crippen molar-refractivity contribution in [2.75, 3.05) is 33.0 Å². The van der Waals surface area contributed by atoms with Crippen molar-refractivity contribution in [2.45, 2.75) is 83.6 Å². The van der Waals surface area contributed by atoms with Gasteiger partial charge in [0, 0.05) is 45.1 Å². The number of hydrogen-bond donors (Lipinski definition) is 6. The van der Waals surface area contributed by atoms with Crippen molar-refractivity contribution in [3.8, 4) is 0 Å². The van der Waals surface area contributed by atoms with Crippen LogP contribution in [0.2, 0.25) is 0 Å². The van der Waals surface area contributed by atoms with Crippen LogP contribution in [-0.2, 0) is 52.6 Å². The molecule has 0 saturated carbocycles. The van der Waals surface area contributed by atoms with Crippen LogP contribution in [0.3, 0.4) is 0 Å². The summed E-state index contributed by atoms with van der Waals surface area (Å²) in [6.45, 7) is 1.14. The third kappa shape index (κ3) is 21.5. The second-order valence-electron chi connectivity index (χ2n) is 10.6. The van der Waals surface area contributed by atoms with Gasteiger partial charge in [-0.15, -0.1) is 0 Å². The van der Waals surface area contributed by atoms with Crippen molar-refractivity contribution in [3.05, 3.63) is 0 Å². The highest BCUT2D eigenvalue weighted by molar-refractivity contribution is 6.32. The van der Waals surface area contributed by atoms with Crippen LogP contribution in [-0.4, -0.2) is 112 Å². The van der Waals surface area contributed by atoms with Gasteiger partial charge in [0.05, 0.1) is 31.7 Å². The van der Waals surface area contributed by atoms with Gasteiger partial charge in [0.25, 0.3) is 0 Å². The summed E-state index contributed by atoms with van der Waals surface area (Å²) in [4.78, 5) is 103. The van der Waals surface area contributed by atoms with E-state index in [4.69, 9.17) is 19.7 Å². The van der Waals surface area contributed by atoms with Crippen molar-refractivity contribution in [1.82, 2.24) is 10.6 Å². The highest BCUT2D eigenvalue weighted by atomic mass is 16.5. The molecule has 0 aliphatic rings. The lowest BCUT2D eigenvalue weighted by Crippen LogP contribution is -2.38. The monoisotopic (exact) mass is 660 g/mol. The molecule has 0 fully saturated rings. The highest BCUT2D eigenvalue weighted by Crippen LogP contribution is 2.16. The fourth-order valence-electron chi connectivity index (χ4n) is 3.97. The molecule has 46 heavy (non-hydrogen) atoms. The van der Waals surface area contributed by atoms with Crippen LogP contribution < -0.4 is 10.6 Å². The predicted molar refractivity (Wildman–Crippen MR) is 156 cm³/mol. The smallest absolute Gasteiger partial charge is 0.372 e. The highest BCUT2D eigenvalue weighted by Gasteiger charge is 2.24. The quantitative estimate of drug-likeness (QED) is 0.0462. The zero-order valence-electron chi connectivity index (χ0n) is 25.8. The van der Waals surface area contributed by atoms with E-state index in [0.717, 1.165) is 0 Å². The maximum Gasteiger partial charge on any atom is 0.372 e. The van der Waals surface area contributed by atoms with Crippen LogP contribution >= 0.6 is 0 Å². The van der Waals surface area contributed by atoms with Crippen LogP contribution in [0.4, 0.5) is 0 Å². The Morgan fingerprint density at radius 3 is 1.72 bits per heavy atom. The number of amides is 2. The van der Waals surface area contributed by atoms with E-state index in [1.54, 1.807) is 0 Å². The lowest BCUT2D eigenvalue weighted by molar-refractivity contribution is -0.149. The van der Waals surface area contributed by atoms with Crippen LogP contribution in [0.15, 0.2) is 0 Å². The number of nitrogens with one attached hydrogen (secondary N) is 2. The van der Waals surface area contributed by atoms with Crippen LogP contribution in [0.1, 0.15) is 77.6 Å². The van der Waals surface area contributed by atoms with Crippen LogP contribution in [0, 0.1) is 11.8 Å². The SMILES string of the molecule is CC(NC(=O)CCC(CC(=O)COCCOCCNC(=O)CCC(CC(=O)CCCCCC(=O)C(=O)O)C(=O)O)C(=O)O)C(=O)O. The standard InChI is InChI=1S/C29H44N2O15/c1-18(26(37)38)31-25(36)10-8-20(28(41)42)16-22(33)17-46-14-13-45-12-11-30-24(35)9-7-19(27(39)40)15-21(32)5-3-2-4-6-23(34)29(43)44/h18-20H,2-17H2,1H3,(H,30,35)(H,31,36)(H,37,38)(H,39,40)(H,41,42)(H,43,44). The molecule has 0 spiro atoms. The fraction of sp³-hybridized carbons (Fsp3) is 0.690. The molecule has 0 aromatic carbocycles. The number of carboxylic acids is 4. The predicted octanol–water partition coefficient (Wildman–Crippen LogP) is 0.210. The summed E-state index contributed by atoms with van der Waals surface area (Å²) in [6.07, 6.45) is -0.105. The van der Waals surface area contributed by atoms with Gasteiger partial charge in [-0.3, -0.25) is 38.4 Å². The fourth-order valence-corrected chi connectivity index (χ4v) is 3.97. The van der Waals surface area contributed by atoms with Crippen molar-refractivity contribution < 1.29 is 73.1 Å². The number of carbonyl (C=O) groups is 9. The Hall–Kier alpha value is -4.25. The molecule has 6 N–H and O–H groups in total. The Morgan fingerprint density at radius 1 is 0.609 bits per heavy atom. The largest absolute Gasteiger partial charge is 0.481 e. The van der Waals surface area contributed by atoms with Crippen molar-refractivity contribution in [1.29, 1.82) is 0 Å². The Balaban J connectivity index is 4.08. The number of carbonyl (C=O) groups excluding carboxylic acids is 5. The van der Waals surface area contributed by atoms with E-state index in [2.05, 4.69) is 10.6 Å². The third-order valence-electron chi connectivity index (χ3n) is 6.64. The zero-order chi connectivity index (χ0) is 35.1. The number of Topliss-reactive ketones (excluding diaryl/α,β-unsaturated/α-hetero) is 3. The molecule has 0 rings (SSSR count). The maximum absolute atomic E-state index is 12.1. The molecule has 0 radical (unpaired) electrons. The second-order valence-corrected chi connectivity index (χ2v) is 10.6. The van der Waals surface area contributed by atoms with Gasteiger partial charge in [-0.05, 0) is 32.6 Å². The van der Waals surface area contributed by atoms with E-state index in [1.165, 1.54) is 6.92 Å². The van der Waals surface area contributed by atoms with Crippen molar-refractivity contribution >= 4 is 53.0 Å². The first-order valence-electron chi connectivity index (χ1n) is 14.8. The second kappa shape index (κ2) is 24.0. The summed E-state index contributed by atoms with van der Waals surface area (Å²) < 4.78 is 10.4. The number of hydrogen-bond acceptors (Lipinski definition) is 11. The zero-order valence-corrected chi connectivity index (χ0v) is 25.8. The maximum atomic E-state index is 12.1. The van der Waals surface area contributed by atoms with E-state index in [1.807, 2.05) is 0 Å². The molecule has 0 aliphatic heterocycles. The number of unbranched alkanes of at least 4 members (excludes halogenated alkanes) is 2. The lowest BCUT2D eigenvalue weighted by Gasteiger charge is -2.13. The topological polar surface area (TPSA) is 277 Å². The molecule has 2 amide bonds. The van der Waals surface area contributed by atoms with Gasteiger partial charge in [-0.2, -0.15) is 0 Å². The summed E-state index contributed by atoms with van der Waals surface area (Å²) in [7, 11) is 0. The van der Waals surface area contributed by atoms with Gasteiger partial charge in [0.15, 0.2) is 5.78 Å². The van der Waals surface area contributed by atoms with Gasteiger partial charge in [0.2, 0.25) is 17.6 Å². The van der Waals surface area contributed by atoms with Gasteiger partial charge >= 0.3 is 23.9 Å². The Kier molecular flexibility index (Phi) is 21.8. The number of ether oxygens (including phenoxy) is 2.